The number of para-hydroxylation sites is 1. The van der Waals surface area contributed by atoms with Crippen LogP contribution < -0.4 is 4.90 Å². The molecule has 1 amide bonds. The molecule has 8 heteroatoms. The van der Waals surface area contributed by atoms with E-state index in [4.69, 9.17) is 4.74 Å². The fourth-order valence-corrected chi connectivity index (χ4v) is 5.65. The molecule has 1 atom stereocenters. The third-order valence-corrected chi connectivity index (χ3v) is 7.47. The standard InChI is InChI=1S/C22H24N2O5S/c1-16-13-17-7-2-3-10-20(17)24(16)21(25)15-29-22(26)18-8-6-9-19(14-18)30(27,28)23-11-4-5-12-23/h2-3,6-10,14,16H,4-5,11-13,15H2,1H3/t16-/m0/s1. The van der Waals surface area contributed by atoms with Crippen molar-refractivity contribution in [2.75, 3.05) is 24.6 Å². The summed E-state index contributed by atoms with van der Waals surface area (Å²) in [6.07, 6.45) is 2.43. The molecule has 0 N–H and O–H groups in total. The van der Waals surface area contributed by atoms with Gasteiger partial charge in [0.25, 0.3) is 5.91 Å². The molecule has 1 saturated heterocycles. The molecular formula is C22H24N2O5S. The van der Waals surface area contributed by atoms with Gasteiger partial charge in [0.15, 0.2) is 6.61 Å². The SMILES string of the molecule is C[C@H]1Cc2ccccc2N1C(=O)COC(=O)c1cccc(S(=O)(=O)N2CCCC2)c1. The van der Waals surface area contributed by atoms with Crippen LogP contribution in [0, 0.1) is 0 Å². The zero-order chi connectivity index (χ0) is 21.3. The van der Waals surface area contributed by atoms with Crippen LogP contribution in [-0.2, 0) is 26.0 Å². The highest BCUT2D eigenvalue weighted by molar-refractivity contribution is 7.89. The minimum atomic E-state index is -3.63. The van der Waals surface area contributed by atoms with E-state index < -0.39 is 22.6 Å². The maximum atomic E-state index is 12.7. The average molecular weight is 429 g/mol. The third kappa shape index (κ3) is 3.85. The lowest BCUT2D eigenvalue weighted by molar-refractivity contribution is -0.122. The van der Waals surface area contributed by atoms with Crippen molar-refractivity contribution in [1.29, 1.82) is 0 Å². The Kier molecular flexibility index (Phi) is 5.62. The number of rotatable bonds is 5. The molecule has 158 valence electrons. The van der Waals surface area contributed by atoms with Crippen LogP contribution in [-0.4, -0.2) is 50.3 Å². The fraction of sp³-hybridized carbons (Fsp3) is 0.364. The van der Waals surface area contributed by atoms with Crippen LogP contribution in [0.2, 0.25) is 0 Å². The van der Waals surface area contributed by atoms with Crippen molar-refractivity contribution in [3.8, 4) is 0 Å². The number of sulfonamides is 1. The number of carbonyl (C=O) groups excluding carboxylic acids is 2. The highest BCUT2D eigenvalue weighted by atomic mass is 32.2. The second-order valence-electron chi connectivity index (χ2n) is 7.66. The van der Waals surface area contributed by atoms with Crippen molar-refractivity contribution in [3.63, 3.8) is 0 Å². The number of ether oxygens (including phenoxy) is 1. The number of esters is 1. The lowest BCUT2D eigenvalue weighted by Gasteiger charge is -2.22. The van der Waals surface area contributed by atoms with Crippen LogP contribution in [0.15, 0.2) is 53.4 Å². The van der Waals surface area contributed by atoms with Gasteiger partial charge in [0, 0.05) is 24.8 Å². The molecule has 7 nitrogen and oxygen atoms in total. The first-order chi connectivity index (χ1) is 14.4. The molecule has 0 aliphatic carbocycles. The molecule has 0 unspecified atom stereocenters. The molecule has 2 aliphatic rings. The van der Waals surface area contributed by atoms with E-state index in [1.807, 2.05) is 31.2 Å². The van der Waals surface area contributed by atoms with Gasteiger partial charge in [-0.1, -0.05) is 24.3 Å². The molecule has 0 bridgehead atoms. The van der Waals surface area contributed by atoms with Gasteiger partial charge in [-0.2, -0.15) is 4.31 Å². The number of amides is 1. The number of benzene rings is 2. The van der Waals surface area contributed by atoms with E-state index in [2.05, 4.69) is 0 Å². The monoisotopic (exact) mass is 428 g/mol. The highest BCUT2D eigenvalue weighted by Crippen LogP contribution is 2.31. The van der Waals surface area contributed by atoms with E-state index in [0.29, 0.717) is 13.1 Å². The van der Waals surface area contributed by atoms with Gasteiger partial charge >= 0.3 is 5.97 Å². The maximum absolute atomic E-state index is 12.7. The lowest BCUT2D eigenvalue weighted by atomic mass is 10.1. The number of anilines is 1. The summed E-state index contributed by atoms with van der Waals surface area (Å²) in [5.74, 6) is -1.02. The number of fused-ring (bicyclic) bond motifs is 1. The molecule has 30 heavy (non-hydrogen) atoms. The summed E-state index contributed by atoms with van der Waals surface area (Å²) < 4.78 is 32.1. The predicted octanol–water partition coefficient (Wildman–Crippen LogP) is 2.61. The molecule has 1 fully saturated rings. The number of hydrogen-bond donors (Lipinski definition) is 0. The summed E-state index contributed by atoms with van der Waals surface area (Å²) in [4.78, 5) is 26.9. The molecule has 2 aliphatic heterocycles. The van der Waals surface area contributed by atoms with Crippen molar-refractivity contribution in [1.82, 2.24) is 4.31 Å². The van der Waals surface area contributed by atoms with E-state index >= 15 is 0 Å². The van der Waals surface area contributed by atoms with Crippen LogP contribution in [0.3, 0.4) is 0 Å². The van der Waals surface area contributed by atoms with Gasteiger partial charge in [0.2, 0.25) is 10.0 Å². The third-order valence-electron chi connectivity index (χ3n) is 5.58. The number of carbonyl (C=O) groups is 2. The molecule has 0 radical (unpaired) electrons. The topological polar surface area (TPSA) is 84.0 Å². The van der Waals surface area contributed by atoms with Gasteiger partial charge < -0.3 is 9.64 Å². The fourth-order valence-electron chi connectivity index (χ4n) is 4.09. The average Bonchev–Trinajstić information content (AvgIpc) is 3.39. The smallest absolute Gasteiger partial charge is 0.338 e. The predicted molar refractivity (Wildman–Crippen MR) is 112 cm³/mol. The number of hydrogen-bond acceptors (Lipinski definition) is 5. The molecule has 4 rings (SSSR count). The molecule has 0 spiro atoms. The Morgan fingerprint density at radius 2 is 1.80 bits per heavy atom. The van der Waals surface area contributed by atoms with Gasteiger partial charge in [-0.25, -0.2) is 13.2 Å². The Morgan fingerprint density at radius 3 is 2.57 bits per heavy atom. The molecule has 2 heterocycles. The van der Waals surface area contributed by atoms with Gasteiger partial charge in [-0.05, 0) is 56.0 Å². The molecule has 2 aromatic rings. The van der Waals surface area contributed by atoms with Crippen LogP contribution in [0.5, 0.6) is 0 Å². The first-order valence-electron chi connectivity index (χ1n) is 10.1. The minimum Gasteiger partial charge on any atom is -0.452 e. The zero-order valence-electron chi connectivity index (χ0n) is 16.8. The highest BCUT2D eigenvalue weighted by Gasteiger charge is 2.31. The summed E-state index contributed by atoms with van der Waals surface area (Å²) in [6.45, 7) is 2.52. The van der Waals surface area contributed by atoms with E-state index in [1.54, 1.807) is 4.90 Å². The molecule has 0 aromatic heterocycles. The normalized spacial score (nSPS) is 19.0. The summed E-state index contributed by atoms with van der Waals surface area (Å²) >= 11 is 0. The van der Waals surface area contributed by atoms with Gasteiger partial charge in [0.05, 0.1) is 10.5 Å². The summed E-state index contributed by atoms with van der Waals surface area (Å²) in [7, 11) is -3.63. The van der Waals surface area contributed by atoms with Crippen LogP contribution >= 0.6 is 0 Å². The van der Waals surface area contributed by atoms with Crippen LogP contribution in [0.1, 0.15) is 35.7 Å². The van der Waals surface area contributed by atoms with Gasteiger partial charge in [-0.15, -0.1) is 0 Å². The van der Waals surface area contributed by atoms with Crippen molar-refractivity contribution in [3.05, 3.63) is 59.7 Å². The lowest BCUT2D eigenvalue weighted by Crippen LogP contribution is -2.38. The Labute approximate surface area is 176 Å². The molecule has 2 aromatic carbocycles. The summed E-state index contributed by atoms with van der Waals surface area (Å²) in [6, 6.07) is 13.4. The Morgan fingerprint density at radius 1 is 1.07 bits per heavy atom. The molecular weight excluding hydrogens is 404 g/mol. The van der Waals surface area contributed by atoms with Gasteiger partial charge in [0.1, 0.15) is 0 Å². The van der Waals surface area contributed by atoms with Crippen LogP contribution in [0.4, 0.5) is 5.69 Å². The summed E-state index contributed by atoms with van der Waals surface area (Å²) in [5, 5.41) is 0. The Bertz CT molecular complexity index is 1080. The molecule has 0 saturated carbocycles. The van der Waals surface area contributed by atoms with E-state index in [-0.39, 0.29) is 22.4 Å². The van der Waals surface area contributed by atoms with Crippen molar-refractivity contribution in [2.24, 2.45) is 0 Å². The second kappa shape index (κ2) is 8.20. The Hall–Kier alpha value is -2.71. The summed E-state index contributed by atoms with van der Waals surface area (Å²) in [5.41, 5.74) is 2.03. The van der Waals surface area contributed by atoms with Crippen LogP contribution in [0.25, 0.3) is 0 Å². The van der Waals surface area contributed by atoms with Crippen molar-refractivity contribution < 1.29 is 22.7 Å². The zero-order valence-corrected chi connectivity index (χ0v) is 17.6. The van der Waals surface area contributed by atoms with E-state index in [9.17, 15) is 18.0 Å². The number of nitrogens with zero attached hydrogens (tertiary/aromatic N) is 2. The largest absolute Gasteiger partial charge is 0.452 e. The first kappa shape index (κ1) is 20.6. The van der Waals surface area contributed by atoms with E-state index in [0.717, 1.165) is 30.5 Å². The van der Waals surface area contributed by atoms with Gasteiger partial charge in [-0.3, -0.25) is 4.79 Å². The second-order valence-corrected chi connectivity index (χ2v) is 9.60. The van der Waals surface area contributed by atoms with Crippen molar-refractivity contribution in [2.45, 2.75) is 37.1 Å². The minimum absolute atomic E-state index is 0.0115. The van der Waals surface area contributed by atoms with E-state index in [1.165, 1.54) is 28.6 Å². The maximum Gasteiger partial charge on any atom is 0.338 e. The Balaban J connectivity index is 1.44. The van der Waals surface area contributed by atoms with Crippen molar-refractivity contribution >= 4 is 27.6 Å². The quantitative estimate of drug-likeness (QED) is 0.684. The first-order valence-corrected chi connectivity index (χ1v) is 11.5.